The van der Waals surface area contributed by atoms with Crippen molar-refractivity contribution in [3.8, 4) is 11.1 Å². The zero-order valence-corrected chi connectivity index (χ0v) is 14.8. The van der Waals surface area contributed by atoms with Crippen molar-refractivity contribution in [2.75, 3.05) is 5.32 Å². The molecule has 0 spiro atoms. The Balaban J connectivity index is 1.78. The van der Waals surface area contributed by atoms with E-state index >= 15 is 0 Å². The molecule has 0 aliphatic carbocycles. The number of hydrogen-bond donors (Lipinski definition) is 1. The largest absolute Gasteiger partial charge is 0.354 e. The third-order valence-electron chi connectivity index (χ3n) is 4.83. The fourth-order valence-electron chi connectivity index (χ4n) is 3.50. The summed E-state index contributed by atoms with van der Waals surface area (Å²) in [6.45, 7) is 0. The second-order valence-electron chi connectivity index (χ2n) is 6.59. The molecule has 0 aliphatic rings. The minimum Gasteiger partial charge on any atom is -0.354 e. The Hall–Kier alpha value is -3.65. The Morgan fingerprint density at radius 2 is 1.19 bits per heavy atom. The predicted octanol–water partition coefficient (Wildman–Crippen LogP) is 6.80. The number of benzene rings is 4. The highest BCUT2D eigenvalue weighted by Crippen LogP contribution is 2.35. The number of aromatic nitrogens is 1. The molecule has 0 fully saturated rings. The van der Waals surface area contributed by atoms with E-state index in [4.69, 9.17) is 4.98 Å². The van der Waals surface area contributed by atoms with Crippen molar-refractivity contribution in [3.05, 3.63) is 103 Å². The molecule has 5 rings (SSSR count). The number of nitrogens with zero attached hydrogens (tertiary/aromatic N) is 1. The van der Waals surface area contributed by atoms with Gasteiger partial charge in [-0.25, -0.2) is 4.98 Å². The molecule has 0 aliphatic heterocycles. The minimum absolute atomic E-state index is 0.992. The summed E-state index contributed by atoms with van der Waals surface area (Å²) in [7, 11) is 0. The number of hydrogen-bond acceptors (Lipinski definition) is 2. The summed E-state index contributed by atoms with van der Waals surface area (Å²) in [6, 6.07) is 35.5. The maximum absolute atomic E-state index is 4.87. The predicted molar refractivity (Wildman–Crippen MR) is 114 cm³/mol. The van der Waals surface area contributed by atoms with Crippen molar-refractivity contribution in [1.82, 2.24) is 4.98 Å². The van der Waals surface area contributed by atoms with Crippen molar-refractivity contribution in [2.24, 2.45) is 0 Å². The Kier molecular flexibility index (Phi) is 3.80. The zero-order chi connectivity index (χ0) is 18.1. The quantitative estimate of drug-likeness (QED) is 0.363. The molecular formula is C25H18N2. The van der Waals surface area contributed by atoms with Gasteiger partial charge in [0, 0.05) is 16.5 Å². The van der Waals surface area contributed by atoms with Gasteiger partial charge in [0.15, 0.2) is 0 Å². The van der Waals surface area contributed by atoms with E-state index in [-0.39, 0.29) is 0 Å². The average molecular weight is 346 g/mol. The van der Waals surface area contributed by atoms with Crippen molar-refractivity contribution >= 4 is 33.2 Å². The first-order valence-corrected chi connectivity index (χ1v) is 9.08. The van der Waals surface area contributed by atoms with Crippen molar-refractivity contribution in [2.45, 2.75) is 0 Å². The third kappa shape index (κ3) is 2.91. The van der Waals surface area contributed by atoms with Crippen molar-refractivity contribution in [1.29, 1.82) is 0 Å². The van der Waals surface area contributed by atoms with E-state index in [0.717, 1.165) is 33.2 Å². The van der Waals surface area contributed by atoms with Crippen LogP contribution in [0.3, 0.4) is 0 Å². The molecule has 0 saturated heterocycles. The van der Waals surface area contributed by atoms with Crippen LogP contribution in [0.2, 0.25) is 0 Å². The molecule has 0 unspecified atom stereocenters. The van der Waals surface area contributed by atoms with E-state index in [1.165, 1.54) is 11.1 Å². The average Bonchev–Trinajstić information content (AvgIpc) is 2.75. The summed E-state index contributed by atoms with van der Waals surface area (Å²) >= 11 is 0. The fourth-order valence-corrected chi connectivity index (χ4v) is 3.50. The number of para-hydroxylation sites is 2. The topological polar surface area (TPSA) is 24.9 Å². The van der Waals surface area contributed by atoms with Gasteiger partial charge >= 0.3 is 0 Å². The van der Waals surface area contributed by atoms with Crippen LogP contribution in [0.25, 0.3) is 32.9 Å². The Bertz CT molecular complexity index is 1230. The van der Waals surface area contributed by atoms with Gasteiger partial charge in [-0.3, -0.25) is 0 Å². The molecule has 2 heteroatoms. The Morgan fingerprint density at radius 3 is 2.00 bits per heavy atom. The first-order chi connectivity index (χ1) is 13.4. The fraction of sp³-hybridized carbons (Fsp3) is 0. The lowest BCUT2D eigenvalue weighted by Crippen LogP contribution is -1.95. The Labute approximate surface area is 158 Å². The normalized spacial score (nSPS) is 11.0. The highest BCUT2D eigenvalue weighted by atomic mass is 14.9. The number of nitrogens with one attached hydrogen (secondary N) is 1. The molecule has 0 atom stereocenters. The van der Waals surface area contributed by atoms with Crippen LogP contribution < -0.4 is 5.32 Å². The number of anilines is 2. The first kappa shape index (κ1) is 15.6. The lowest BCUT2D eigenvalue weighted by Gasteiger charge is -2.14. The van der Waals surface area contributed by atoms with Crippen LogP contribution in [0.1, 0.15) is 0 Å². The van der Waals surface area contributed by atoms with E-state index in [0.29, 0.717) is 0 Å². The van der Waals surface area contributed by atoms with Crippen LogP contribution in [0.5, 0.6) is 0 Å². The van der Waals surface area contributed by atoms with Gasteiger partial charge in [0.1, 0.15) is 0 Å². The molecule has 0 amide bonds. The summed E-state index contributed by atoms with van der Waals surface area (Å²) in [5.41, 5.74) is 6.55. The van der Waals surface area contributed by atoms with Crippen molar-refractivity contribution < 1.29 is 0 Å². The summed E-state index contributed by atoms with van der Waals surface area (Å²) < 4.78 is 0. The van der Waals surface area contributed by atoms with E-state index < -0.39 is 0 Å². The maximum atomic E-state index is 4.87. The molecule has 5 aromatic rings. The molecule has 0 radical (unpaired) electrons. The van der Waals surface area contributed by atoms with Crippen LogP contribution in [0.4, 0.5) is 11.4 Å². The molecular weight excluding hydrogens is 328 g/mol. The number of pyridine rings is 1. The highest BCUT2D eigenvalue weighted by molar-refractivity contribution is 6.09. The van der Waals surface area contributed by atoms with Gasteiger partial charge in [0.2, 0.25) is 0 Å². The number of fused-ring (bicyclic) bond motifs is 2. The summed E-state index contributed by atoms with van der Waals surface area (Å²) in [4.78, 5) is 4.87. The van der Waals surface area contributed by atoms with Crippen LogP contribution in [-0.2, 0) is 0 Å². The Morgan fingerprint density at radius 1 is 0.519 bits per heavy atom. The molecule has 27 heavy (non-hydrogen) atoms. The van der Waals surface area contributed by atoms with E-state index in [1.807, 2.05) is 30.3 Å². The summed E-state index contributed by atoms with van der Waals surface area (Å²) in [5, 5.41) is 5.88. The van der Waals surface area contributed by atoms with Gasteiger partial charge in [-0.15, -0.1) is 0 Å². The molecule has 128 valence electrons. The molecule has 1 N–H and O–H groups in total. The molecule has 1 aromatic heterocycles. The van der Waals surface area contributed by atoms with Gasteiger partial charge in [0.25, 0.3) is 0 Å². The van der Waals surface area contributed by atoms with Gasteiger partial charge in [-0.2, -0.15) is 0 Å². The summed E-state index contributed by atoms with van der Waals surface area (Å²) in [5.74, 6) is 0. The molecule has 4 aromatic carbocycles. The number of rotatable bonds is 3. The second kappa shape index (κ2) is 6.58. The third-order valence-corrected chi connectivity index (χ3v) is 4.83. The van der Waals surface area contributed by atoms with Crippen molar-refractivity contribution in [3.63, 3.8) is 0 Å². The standard InChI is InChI=1S/C25H18N2/c1-3-9-18(10-4-1)19-15-16-24-22(17-19)25(26-20-11-5-2-6-12-20)21-13-7-8-14-23(21)27-24/h1-17H,(H,26,27). The molecule has 2 nitrogen and oxygen atoms in total. The van der Waals surface area contributed by atoms with Crippen LogP contribution in [0, 0.1) is 0 Å². The SMILES string of the molecule is c1ccc(Nc2c3ccccc3nc3ccc(-c4ccccc4)cc23)cc1. The van der Waals surface area contributed by atoms with Gasteiger partial charge < -0.3 is 5.32 Å². The van der Waals surface area contributed by atoms with Crippen LogP contribution >= 0.6 is 0 Å². The lowest BCUT2D eigenvalue weighted by atomic mass is 10.0. The van der Waals surface area contributed by atoms with E-state index in [1.54, 1.807) is 0 Å². The smallest absolute Gasteiger partial charge is 0.0731 e. The second-order valence-corrected chi connectivity index (χ2v) is 6.59. The van der Waals surface area contributed by atoms with E-state index in [9.17, 15) is 0 Å². The van der Waals surface area contributed by atoms with Gasteiger partial charge in [-0.05, 0) is 41.5 Å². The van der Waals surface area contributed by atoms with Gasteiger partial charge in [0.05, 0.1) is 16.7 Å². The van der Waals surface area contributed by atoms with Gasteiger partial charge in [-0.1, -0.05) is 72.8 Å². The monoisotopic (exact) mass is 346 g/mol. The first-order valence-electron chi connectivity index (χ1n) is 9.08. The molecule has 0 saturated carbocycles. The van der Waals surface area contributed by atoms with E-state index in [2.05, 4.69) is 78.1 Å². The molecule has 0 bridgehead atoms. The minimum atomic E-state index is 0.992. The highest BCUT2D eigenvalue weighted by Gasteiger charge is 2.10. The van der Waals surface area contributed by atoms with Crippen LogP contribution in [-0.4, -0.2) is 4.98 Å². The molecule has 1 heterocycles. The van der Waals surface area contributed by atoms with Crippen LogP contribution in [0.15, 0.2) is 103 Å². The zero-order valence-electron chi connectivity index (χ0n) is 14.8. The maximum Gasteiger partial charge on any atom is 0.0731 e. The lowest BCUT2D eigenvalue weighted by molar-refractivity contribution is 1.48. The summed E-state index contributed by atoms with van der Waals surface area (Å²) in [6.07, 6.45) is 0.